The number of likely N-dealkylation sites (tertiary alicyclic amines) is 1. The van der Waals surface area contributed by atoms with Gasteiger partial charge in [0.2, 0.25) is 5.88 Å². The van der Waals surface area contributed by atoms with E-state index in [4.69, 9.17) is 4.74 Å². The molecule has 0 aromatic carbocycles. The van der Waals surface area contributed by atoms with Crippen molar-refractivity contribution in [2.24, 2.45) is 0 Å². The van der Waals surface area contributed by atoms with Crippen LogP contribution in [-0.4, -0.2) is 58.4 Å². The summed E-state index contributed by atoms with van der Waals surface area (Å²) in [6.45, 7) is 1.43. The number of carbonyl (C=O) groups excluding carboxylic acids is 1. The summed E-state index contributed by atoms with van der Waals surface area (Å²) in [7, 11) is 5.53. The Labute approximate surface area is 147 Å². The van der Waals surface area contributed by atoms with E-state index in [1.807, 2.05) is 25.1 Å². The summed E-state index contributed by atoms with van der Waals surface area (Å²) in [5, 5.41) is 0. The molecule has 0 bridgehead atoms. The van der Waals surface area contributed by atoms with Gasteiger partial charge in [-0.05, 0) is 45.1 Å². The SMILES string of the molecule is COc1ncccc1C(=O)N1CCC[C@H]1c1nccc(CN(C)C)n1. The van der Waals surface area contributed by atoms with Crippen molar-refractivity contribution in [3.63, 3.8) is 0 Å². The predicted molar refractivity (Wildman–Crippen MR) is 93.2 cm³/mol. The first-order valence-corrected chi connectivity index (χ1v) is 8.36. The molecule has 2 aromatic heterocycles. The molecule has 3 heterocycles. The molecule has 1 aliphatic rings. The number of amides is 1. The van der Waals surface area contributed by atoms with Crippen LogP contribution in [0.2, 0.25) is 0 Å². The molecule has 25 heavy (non-hydrogen) atoms. The highest BCUT2D eigenvalue weighted by Crippen LogP contribution is 2.32. The van der Waals surface area contributed by atoms with Gasteiger partial charge in [0.05, 0.1) is 18.8 Å². The first-order chi connectivity index (χ1) is 12.1. The quantitative estimate of drug-likeness (QED) is 0.827. The number of rotatable bonds is 5. The molecule has 0 aliphatic carbocycles. The van der Waals surface area contributed by atoms with E-state index in [-0.39, 0.29) is 11.9 Å². The fourth-order valence-electron chi connectivity index (χ4n) is 3.13. The molecule has 1 fully saturated rings. The van der Waals surface area contributed by atoms with Crippen molar-refractivity contribution in [1.29, 1.82) is 0 Å². The zero-order chi connectivity index (χ0) is 17.8. The second-order valence-electron chi connectivity index (χ2n) is 6.36. The summed E-state index contributed by atoms with van der Waals surface area (Å²) in [5.74, 6) is 0.961. The highest BCUT2D eigenvalue weighted by molar-refractivity contribution is 5.96. The van der Waals surface area contributed by atoms with Crippen LogP contribution in [0.15, 0.2) is 30.6 Å². The summed E-state index contributed by atoms with van der Waals surface area (Å²) in [6.07, 6.45) is 5.18. The lowest BCUT2D eigenvalue weighted by Crippen LogP contribution is -2.32. The molecule has 1 aliphatic heterocycles. The second-order valence-corrected chi connectivity index (χ2v) is 6.36. The lowest BCUT2D eigenvalue weighted by molar-refractivity contribution is 0.0725. The summed E-state index contributed by atoms with van der Waals surface area (Å²) in [6, 6.07) is 5.29. The topological polar surface area (TPSA) is 71.5 Å². The fourth-order valence-corrected chi connectivity index (χ4v) is 3.13. The molecule has 1 amide bonds. The van der Waals surface area contributed by atoms with E-state index >= 15 is 0 Å². The van der Waals surface area contributed by atoms with Crippen LogP contribution in [0.1, 0.15) is 40.8 Å². The van der Waals surface area contributed by atoms with Gasteiger partial charge >= 0.3 is 0 Å². The van der Waals surface area contributed by atoms with E-state index in [1.165, 1.54) is 7.11 Å². The zero-order valence-corrected chi connectivity index (χ0v) is 14.8. The molecule has 0 saturated carbocycles. The third kappa shape index (κ3) is 3.76. The highest BCUT2D eigenvalue weighted by atomic mass is 16.5. The van der Waals surface area contributed by atoms with Crippen molar-refractivity contribution in [2.45, 2.75) is 25.4 Å². The normalized spacial score (nSPS) is 17.1. The molecule has 132 valence electrons. The lowest BCUT2D eigenvalue weighted by atomic mass is 10.1. The summed E-state index contributed by atoms with van der Waals surface area (Å²) < 4.78 is 5.23. The molecule has 1 atom stereocenters. The minimum absolute atomic E-state index is 0.0888. The van der Waals surface area contributed by atoms with Gasteiger partial charge in [0.1, 0.15) is 5.56 Å². The number of pyridine rings is 1. The standard InChI is InChI=1S/C18H23N5O2/c1-22(2)12-13-8-10-19-16(21-13)15-7-5-11-23(15)18(24)14-6-4-9-20-17(14)25-3/h4,6,8-10,15H,5,7,11-12H2,1-3H3/t15-/m0/s1. The molecule has 1 saturated heterocycles. The average Bonchev–Trinajstić information content (AvgIpc) is 3.10. The van der Waals surface area contributed by atoms with Gasteiger partial charge in [-0.2, -0.15) is 0 Å². The lowest BCUT2D eigenvalue weighted by Gasteiger charge is -2.24. The Bertz CT molecular complexity index is 750. The van der Waals surface area contributed by atoms with Crippen LogP contribution in [0.25, 0.3) is 0 Å². The largest absolute Gasteiger partial charge is 0.480 e. The van der Waals surface area contributed by atoms with Crippen molar-refractivity contribution >= 4 is 5.91 Å². The molecule has 0 spiro atoms. The second kappa shape index (κ2) is 7.57. The Kier molecular flexibility index (Phi) is 5.23. The first kappa shape index (κ1) is 17.3. The smallest absolute Gasteiger partial charge is 0.259 e. The van der Waals surface area contributed by atoms with Gasteiger partial charge in [-0.3, -0.25) is 4.79 Å². The van der Waals surface area contributed by atoms with Gasteiger partial charge < -0.3 is 14.5 Å². The van der Waals surface area contributed by atoms with Gasteiger partial charge in [-0.25, -0.2) is 15.0 Å². The number of hydrogen-bond acceptors (Lipinski definition) is 6. The van der Waals surface area contributed by atoms with Crippen molar-refractivity contribution in [3.05, 3.63) is 47.7 Å². The number of carbonyl (C=O) groups is 1. The van der Waals surface area contributed by atoms with Gasteiger partial charge in [0.25, 0.3) is 5.91 Å². The van der Waals surface area contributed by atoms with Gasteiger partial charge in [-0.15, -0.1) is 0 Å². The molecule has 2 aromatic rings. The van der Waals surface area contributed by atoms with Gasteiger partial charge in [0.15, 0.2) is 5.82 Å². The molecule has 3 rings (SSSR count). The van der Waals surface area contributed by atoms with Gasteiger partial charge in [0, 0.05) is 25.5 Å². The van der Waals surface area contributed by atoms with Gasteiger partial charge in [-0.1, -0.05) is 0 Å². The van der Waals surface area contributed by atoms with E-state index in [0.717, 1.165) is 25.1 Å². The number of nitrogens with zero attached hydrogens (tertiary/aromatic N) is 5. The fraction of sp³-hybridized carbons (Fsp3) is 0.444. The van der Waals surface area contributed by atoms with E-state index in [9.17, 15) is 4.79 Å². The van der Waals surface area contributed by atoms with Crippen LogP contribution < -0.4 is 4.74 Å². The monoisotopic (exact) mass is 341 g/mol. The number of ether oxygens (including phenoxy) is 1. The maximum absolute atomic E-state index is 13.0. The van der Waals surface area contributed by atoms with E-state index < -0.39 is 0 Å². The summed E-state index contributed by atoms with van der Waals surface area (Å²) >= 11 is 0. The number of aromatic nitrogens is 3. The first-order valence-electron chi connectivity index (χ1n) is 8.36. The van der Waals surface area contributed by atoms with Crippen molar-refractivity contribution in [2.75, 3.05) is 27.7 Å². The van der Waals surface area contributed by atoms with Crippen LogP contribution in [0.3, 0.4) is 0 Å². The minimum Gasteiger partial charge on any atom is -0.480 e. The molecular formula is C18H23N5O2. The molecule has 0 radical (unpaired) electrons. The van der Waals surface area contributed by atoms with Crippen LogP contribution in [0.4, 0.5) is 0 Å². The Morgan fingerprint density at radius 1 is 1.32 bits per heavy atom. The van der Waals surface area contributed by atoms with Crippen LogP contribution in [0.5, 0.6) is 5.88 Å². The van der Waals surface area contributed by atoms with Crippen molar-refractivity contribution < 1.29 is 9.53 Å². The maximum Gasteiger partial charge on any atom is 0.259 e. The zero-order valence-electron chi connectivity index (χ0n) is 14.8. The Hall–Kier alpha value is -2.54. The summed E-state index contributed by atoms with van der Waals surface area (Å²) in [4.78, 5) is 30.1. The molecular weight excluding hydrogens is 318 g/mol. The van der Waals surface area contributed by atoms with Crippen LogP contribution >= 0.6 is 0 Å². The van der Waals surface area contributed by atoms with E-state index in [0.29, 0.717) is 23.8 Å². The Morgan fingerprint density at radius 2 is 2.16 bits per heavy atom. The maximum atomic E-state index is 13.0. The Balaban J connectivity index is 1.86. The average molecular weight is 341 g/mol. The highest BCUT2D eigenvalue weighted by Gasteiger charge is 2.34. The summed E-state index contributed by atoms with van der Waals surface area (Å²) in [5.41, 5.74) is 1.43. The molecule has 0 N–H and O–H groups in total. The van der Waals surface area contributed by atoms with Crippen molar-refractivity contribution in [3.8, 4) is 5.88 Å². The number of hydrogen-bond donors (Lipinski definition) is 0. The molecule has 0 unspecified atom stereocenters. The van der Waals surface area contributed by atoms with Crippen LogP contribution in [0, 0.1) is 0 Å². The third-order valence-corrected chi connectivity index (χ3v) is 4.22. The van der Waals surface area contributed by atoms with E-state index in [1.54, 1.807) is 24.5 Å². The molecule has 7 nitrogen and oxygen atoms in total. The third-order valence-electron chi connectivity index (χ3n) is 4.22. The number of methoxy groups -OCH3 is 1. The van der Waals surface area contributed by atoms with Crippen LogP contribution in [-0.2, 0) is 6.54 Å². The molecule has 7 heteroatoms. The van der Waals surface area contributed by atoms with Crippen molar-refractivity contribution in [1.82, 2.24) is 24.8 Å². The van der Waals surface area contributed by atoms with E-state index in [2.05, 4.69) is 19.9 Å². The Morgan fingerprint density at radius 3 is 2.92 bits per heavy atom. The predicted octanol–water partition coefficient (Wildman–Crippen LogP) is 1.92. The minimum atomic E-state index is -0.112.